The lowest BCUT2D eigenvalue weighted by atomic mass is 9.90. The van der Waals surface area contributed by atoms with Crippen molar-refractivity contribution in [1.82, 2.24) is 9.78 Å². The molecular weight excluding hydrogens is 298 g/mol. The summed E-state index contributed by atoms with van der Waals surface area (Å²) in [5, 5.41) is 15.3. The monoisotopic (exact) mass is 314 g/mol. The van der Waals surface area contributed by atoms with Crippen molar-refractivity contribution in [3.63, 3.8) is 0 Å². The fourth-order valence-corrected chi connectivity index (χ4v) is 2.67. The molecule has 114 valence electrons. The highest BCUT2D eigenvalue weighted by Crippen LogP contribution is 2.31. The summed E-state index contributed by atoms with van der Waals surface area (Å²) in [6.07, 6.45) is 0.779. The van der Waals surface area contributed by atoms with Crippen molar-refractivity contribution in [2.75, 3.05) is 0 Å². The number of halogens is 3. The highest BCUT2D eigenvalue weighted by atomic mass is 35.5. The molecule has 0 aliphatic rings. The molecule has 1 heterocycles. The number of hydrogen-bond donors (Lipinski definition) is 1. The number of aryl methyl sites for hydroxylation is 2. The van der Waals surface area contributed by atoms with Gasteiger partial charge in [0.05, 0.1) is 22.0 Å². The van der Waals surface area contributed by atoms with Crippen LogP contribution in [-0.4, -0.2) is 14.9 Å². The minimum Gasteiger partial charge on any atom is -0.385 e. The lowest BCUT2D eigenvalue weighted by Crippen LogP contribution is -2.26. The maximum absolute atomic E-state index is 13.3. The van der Waals surface area contributed by atoms with Crippen LogP contribution in [0.3, 0.4) is 0 Å². The van der Waals surface area contributed by atoms with Crippen molar-refractivity contribution in [2.45, 2.75) is 32.3 Å². The lowest BCUT2D eigenvalue weighted by Gasteiger charge is -2.24. The number of nitrogens with zero attached hydrogens (tertiary/aromatic N) is 2. The third-order valence-electron chi connectivity index (χ3n) is 3.50. The van der Waals surface area contributed by atoms with E-state index < -0.39 is 17.2 Å². The first kappa shape index (κ1) is 15.9. The minimum atomic E-state index is -1.45. The van der Waals surface area contributed by atoms with Crippen LogP contribution in [0.15, 0.2) is 18.2 Å². The Morgan fingerprint density at radius 1 is 1.29 bits per heavy atom. The van der Waals surface area contributed by atoms with E-state index in [0.29, 0.717) is 17.1 Å². The first-order valence-corrected chi connectivity index (χ1v) is 7.01. The quantitative estimate of drug-likeness (QED) is 0.939. The number of aliphatic hydroxyl groups is 1. The van der Waals surface area contributed by atoms with E-state index in [-0.39, 0.29) is 12.0 Å². The number of rotatable bonds is 4. The van der Waals surface area contributed by atoms with Gasteiger partial charge in [0.25, 0.3) is 0 Å². The zero-order valence-corrected chi connectivity index (χ0v) is 12.9. The molecule has 6 heteroatoms. The molecule has 0 amide bonds. The third-order valence-corrected chi connectivity index (χ3v) is 3.94. The second-order valence-corrected chi connectivity index (χ2v) is 5.67. The van der Waals surface area contributed by atoms with Crippen molar-refractivity contribution in [2.24, 2.45) is 7.05 Å². The van der Waals surface area contributed by atoms with Crippen molar-refractivity contribution < 1.29 is 13.9 Å². The standard InChI is InChI=1S/C15H17ClF2N2O/c1-4-12-14(16)13(20(3)19-12)8-15(2,21)9-5-10(17)7-11(18)6-9/h5-7,21H,4,8H2,1-3H3. The molecule has 0 saturated heterocycles. The Balaban J connectivity index is 2.39. The van der Waals surface area contributed by atoms with Crippen molar-refractivity contribution >= 4 is 11.6 Å². The first-order chi connectivity index (χ1) is 9.74. The predicted molar refractivity (Wildman–Crippen MR) is 77.2 cm³/mol. The van der Waals surface area contributed by atoms with E-state index in [1.54, 1.807) is 11.7 Å². The Bertz CT molecular complexity index is 648. The Labute approximate surface area is 127 Å². The summed E-state index contributed by atoms with van der Waals surface area (Å²) in [7, 11) is 1.72. The van der Waals surface area contributed by atoms with Gasteiger partial charge in [0.15, 0.2) is 0 Å². The van der Waals surface area contributed by atoms with Gasteiger partial charge in [-0.15, -0.1) is 0 Å². The average Bonchev–Trinajstić information content (AvgIpc) is 2.65. The SMILES string of the molecule is CCc1nn(C)c(CC(C)(O)c2cc(F)cc(F)c2)c1Cl. The summed E-state index contributed by atoms with van der Waals surface area (Å²) in [5.74, 6) is -1.45. The molecule has 0 aliphatic carbocycles. The number of aromatic nitrogens is 2. The summed E-state index contributed by atoms with van der Waals surface area (Å²) in [6, 6.07) is 3.01. The largest absolute Gasteiger partial charge is 0.385 e. The van der Waals surface area contributed by atoms with E-state index in [1.807, 2.05) is 6.92 Å². The normalized spacial score (nSPS) is 14.2. The predicted octanol–water partition coefficient (Wildman–Crippen LogP) is 3.36. The smallest absolute Gasteiger partial charge is 0.126 e. The van der Waals surface area contributed by atoms with Crippen LogP contribution < -0.4 is 0 Å². The van der Waals surface area contributed by atoms with Gasteiger partial charge in [-0.2, -0.15) is 5.10 Å². The lowest BCUT2D eigenvalue weighted by molar-refractivity contribution is 0.0549. The topological polar surface area (TPSA) is 38.0 Å². The molecule has 0 aliphatic heterocycles. The molecule has 1 atom stereocenters. The van der Waals surface area contributed by atoms with Gasteiger partial charge < -0.3 is 5.11 Å². The summed E-state index contributed by atoms with van der Waals surface area (Å²) in [4.78, 5) is 0. The Morgan fingerprint density at radius 3 is 2.33 bits per heavy atom. The molecule has 1 aromatic heterocycles. The van der Waals surface area contributed by atoms with E-state index >= 15 is 0 Å². The van der Waals surface area contributed by atoms with Crippen LogP contribution in [-0.2, 0) is 25.5 Å². The van der Waals surface area contributed by atoms with Crippen molar-refractivity contribution in [3.8, 4) is 0 Å². The Morgan fingerprint density at radius 2 is 1.86 bits per heavy atom. The molecule has 0 spiro atoms. The molecule has 2 rings (SSSR count). The molecule has 3 nitrogen and oxygen atoms in total. The molecule has 0 fully saturated rings. The molecule has 1 N–H and O–H groups in total. The highest BCUT2D eigenvalue weighted by molar-refractivity contribution is 6.31. The third kappa shape index (κ3) is 3.24. The van der Waals surface area contributed by atoms with Crippen LogP contribution in [0.1, 0.15) is 30.8 Å². The molecule has 1 aromatic carbocycles. The maximum atomic E-state index is 13.3. The Hall–Kier alpha value is -1.46. The van der Waals surface area contributed by atoms with Crippen molar-refractivity contribution in [3.05, 3.63) is 51.8 Å². The molecule has 2 aromatic rings. The maximum Gasteiger partial charge on any atom is 0.126 e. The van der Waals surface area contributed by atoms with Crippen LogP contribution in [0.2, 0.25) is 5.02 Å². The van der Waals surface area contributed by atoms with Crippen LogP contribution in [0, 0.1) is 11.6 Å². The highest BCUT2D eigenvalue weighted by Gasteiger charge is 2.28. The van der Waals surface area contributed by atoms with Crippen LogP contribution in [0.5, 0.6) is 0 Å². The summed E-state index contributed by atoms with van der Waals surface area (Å²) < 4.78 is 28.2. The molecule has 0 bridgehead atoms. The van der Waals surface area contributed by atoms with Crippen LogP contribution in [0.4, 0.5) is 8.78 Å². The van der Waals surface area contributed by atoms with E-state index in [1.165, 1.54) is 6.92 Å². The summed E-state index contributed by atoms with van der Waals surface area (Å²) in [5.41, 5.74) is 0.0691. The molecule has 0 radical (unpaired) electrons. The van der Waals surface area contributed by atoms with E-state index in [0.717, 1.165) is 23.9 Å². The average molecular weight is 315 g/mol. The second kappa shape index (κ2) is 5.73. The van der Waals surface area contributed by atoms with Gasteiger partial charge in [-0.05, 0) is 31.0 Å². The van der Waals surface area contributed by atoms with Gasteiger partial charge in [-0.1, -0.05) is 18.5 Å². The minimum absolute atomic E-state index is 0.109. The van der Waals surface area contributed by atoms with Gasteiger partial charge in [0, 0.05) is 19.5 Å². The molecular formula is C15H17ClF2N2O. The zero-order valence-electron chi connectivity index (χ0n) is 12.1. The van der Waals surface area contributed by atoms with E-state index in [9.17, 15) is 13.9 Å². The van der Waals surface area contributed by atoms with E-state index in [4.69, 9.17) is 11.6 Å². The number of hydrogen-bond acceptors (Lipinski definition) is 2. The van der Waals surface area contributed by atoms with Gasteiger partial charge in [-0.3, -0.25) is 4.68 Å². The fraction of sp³-hybridized carbons (Fsp3) is 0.400. The summed E-state index contributed by atoms with van der Waals surface area (Å²) in [6.45, 7) is 3.42. The van der Waals surface area contributed by atoms with E-state index in [2.05, 4.69) is 5.10 Å². The number of benzene rings is 1. The molecule has 1 unspecified atom stereocenters. The van der Waals surface area contributed by atoms with Crippen LogP contribution >= 0.6 is 11.6 Å². The fourth-order valence-electron chi connectivity index (χ4n) is 2.30. The second-order valence-electron chi connectivity index (χ2n) is 5.29. The molecule has 0 saturated carbocycles. The van der Waals surface area contributed by atoms with Gasteiger partial charge in [0.1, 0.15) is 11.6 Å². The first-order valence-electron chi connectivity index (χ1n) is 6.63. The van der Waals surface area contributed by atoms with Gasteiger partial charge in [0.2, 0.25) is 0 Å². The Kier molecular flexibility index (Phi) is 4.35. The molecule has 21 heavy (non-hydrogen) atoms. The summed E-state index contributed by atoms with van der Waals surface area (Å²) >= 11 is 6.24. The van der Waals surface area contributed by atoms with Gasteiger partial charge >= 0.3 is 0 Å². The van der Waals surface area contributed by atoms with Crippen molar-refractivity contribution in [1.29, 1.82) is 0 Å². The van der Waals surface area contributed by atoms with Gasteiger partial charge in [-0.25, -0.2) is 8.78 Å². The van der Waals surface area contributed by atoms with Crippen LogP contribution in [0.25, 0.3) is 0 Å². The zero-order chi connectivity index (χ0) is 15.8.